The van der Waals surface area contributed by atoms with Gasteiger partial charge in [-0.15, -0.1) is 0 Å². The van der Waals surface area contributed by atoms with E-state index < -0.39 is 0 Å². The Balaban J connectivity index is 1.63. The van der Waals surface area contributed by atoms with Crippen molar-refractivity contribution in [3.63, 3.8) is 0 Å². The first-order valence-electron chi connectivity index (χ1n) is 8.44. The molecule has 0 spiro atoms. The van der Waals surface area contributed by atoms with Crippen molar-refractivity contribution in [2.75, 3.05) is 18.0 Å². The van der Waals surface area contributed by atoms with Crippen molar-refractivity contribution in [1.82, 2.24) is 10.2 Å². The van der Waals surface area contributed by atoms with Gasteiger partial charge in [0, 0.05) is 24.2 Å². The van der Waals surface area contributed by atoms with Gasteiger partial charge in [0.15, 0.2) is 0 Å². The van der Waals surface area contributed by atoms with Gasteiger partial charge in [0.2, 0.25) is 0 Å². The van der Waals surface area contributed by atoms with E-state index in [0.717, 1.165) is 48.1 Å². The zero-order chi connectivity index (χ0) is 16.4. The molecule has 0 aliphatic carbocycles. The van der Waals surface area contributed by atoms with Crippen LogP contribution in [0.15, 0.2) is 48.5 Å². The average molecular weight is 319 g/mol. The number of nitrogens with zero attached hydrogens (tertiary/aromatic N) is 2. The number of aromatic nitrogens is 2. The Labute approximate surface area is 141 Å². The molecule has 1 aliphatic heterocycles. The smallest absolute Gasteiger partial charge is 0.0928 e. The lowest BCUT2D eigenvalue weighted by Crippen LogP contribution is -2.35. The molecule has 0 atom stereocenters. The lowest BCUT2D eigenvalue weighted by molar-refractivity contribution is 0.145. The summed E-state index contributed by atoms with van der Waals surface area (Å²) in [6, 6.07) is 16.7. The second-order valence-corrected chi connectivity index (χ2v) is 6.30. The molecule has 1 fully saturated rings. The molecule has 0 saturated carbocycles. The Morgan fingerprint density at radius 3 is 2.62 bits per heavy atom. The molecule has 1 aromatic heterocycles. The van der Waals surface area contributed by atoms with Gasteiger partial charge in [-0.2, -0.15) is 5.10 Å². The molecule has 3 aromatic rings. The molecule has 0 radical (unpaired) electrons. The highest BCUT2D eigenvalue weighted by Crippen LogP contribution is 2.26. The molecule has 122 valence electrons. The van der Waals surface area contributed by atoms with Gasteiger partial charge >= 0.3 is 0 Å². The number of anilines is 1. The van der Waals surface area contributed by atoms with Crippen molar-refractivity contribution < 1.29 is 5.11 Å². The van der Waals surface area contributed by atoms with Gasteiger partial charge in [0.25, 0.3) is 0 Å². The number of piperidine rings is 1. The third-order valence-corrected chi connectivity index (χ3v) is 4.64. The number of hydrogen-bond donors (Lipinski definition) is 2. The number of benzene rings is 2. The van der Waals surface area contributed by atoms with E-state index in [0.29, 0.717) is 0 Å². The first kappa shape index (κ1) is 15.0. The van der Waals surface area contributed by atoms with E-state index in [1.165, 1.54) is 5.69 Å². The number of H-pyrrole nitrogens is 1. The maximum atomic E-state index is 9.68. The second-order valence-electron chi connectivity index (χ2n) is 6.30. The summed E-state index contributed by atoms with van der Waals surface area (Å²) < 4.78 is 0. The highest BCUT2D eigenvalue weighted by Gasteiger charge is 2.17. The van der Waals surface area contributed by atoms with Gasteiger partial charge in [0.05, 0.1) is 17.3 Å². The van der Waals surface area contributed by atoms with Crippen molar-refractivity contribution in [1.29, 1.82) is 0 Å². The molecule has 2 aromatic carbocycles. The highest BCUT2D eigenvalue weighted by atomic mass is 16.3. The van der Waals surface area contributed by atoms with Crippen LogP contribution in [0.4, 0.5) is 5.69 Å². The first-order valence-corrected chi connectivity index (χ1v) is 8.44. The van der Waals surface area contributed by atoms with Crippen molar-refractivity contribution in [2.24, 2.45) is 0 Å². The average Bonchev–Trinajstić information content (AvgIpc) is 3.04. The van der Waals surface area contributed by atoms with Crippen molar-refractivity contribution in [3.05, 3.63) is 59.8 Å². The molecular formula is C20H21N3O. The number of rotatable bonds is 3. The maximum Gasteiger partial charge on any atom is 0.0928 e. The van der Waals surface area contributed by atoms with Gasteiger partial charge < -0.3 is 10.0 Å². The Morgan fingerprint density at radius 2 is 1.83 bits per heavy atom. The summed E-state index contributed by atoms with van der Waals surface area (Å²) in [5, 5.41) is 18.4. The normalized spacial score (nSPS) is 16.3. The lowest BCUT2D eigenvalue weighted by atomic mass is 10.1. The van der Waals surface area contributed by atoms with E-state index in [9.17, 15) is 5.11 Å². The van der Waals surface area contributed by atoms with Gasteiger partial charge in [-0.05, 0) is 42.7 Å². The van der Waals surface area contributed by atoms with E-state index in [4.69, 9.17) is 0 Å². The van der Waals surface area contributed by atoms with Crippen molar-refractivity contribution in [3.8, 4) is 0 Å². The van der Waals surface area contributed by atoms with Gasteiger partial charge in [-0.25, -0.2) is 0 Å². The zero-order valence-corrected chi connectivity index (χ0v) is 13.5. The predicted octanol–water partition coefficient (Wildman–Crippen LogP) is 3.69. The topological polar surface area (TPSA) is 52.1 Å². The van der Waals surface area contributed by atoms with Gasteiger partial charge in [-0.3, -0.25) is 5.10 Å². The monoisotopic (exact) mass is 319 g/mol. The third-order valence-electron chi connectivity index (χ3n) is 4.64. The molecule has 4 rings (SSSR count). The van der Waals surface area contributed by atoms with Crippen LogP contribution in [0.1, 0.15) is 24.1 Å². The molecule has 1 aliphatic rings. The molecule has 1 saturated heterocycles. The van der Waals surface area contributed by atoms with E-state index in [1.807, 2.05) is 18.2 Å². The van der Waals surface area contributed by atoms with Crippen LogP contribution in [0.5, 0.6) is 0 Å². The summed E-state index contributed by atoms with van der Waals surface area (Å²) >= 11 is 0. The summed E-state index contributed by atoms with van der Waals surface area (Å²) in [6.07, 6.45) is 5.66. The van der Waals surface area contributed by atoms with Crippen LogP contribution < -0.4 is 4.90 Å². The molecule has 0 amide bonds. The van der Waals surface area contributed by atoms with Crippen LogP contribution in [-0.4, -0.2) is 34.5 Å². The Morgan fingerprint density at radius 1 is 1.04 bits per heavy atom. The fourth-order valence-electron chi connectivity index (χ4n) is 3.21. The molecule has 4 heteroatoms. The molecule has 2 heterocycles. The molecule has 24 heavy (non-hydrogen) atoms. The SMILES string of the molecule is OC1CCN(c2ccc3[nH]nc(/C=C/c4ccccc4)c3c2)CC1. The van der Waals surface area contributed by atoms with Gasteiger partial charge in [0.1, 0.15) is 0 Å². The van der Waals surface area contributed by atoms with E-state index >= 15 is 0 Å². The zero-order valence-electron chi connectivity index (χ0n) is 13.5. The van der Waals surface area contributed by atoms with Crippen LogP contribution in [0.2, 0.25) is 0 Å². The van der Waals surface area contributed by atoms with E-state index in [-0.39, 0.29) is 6.10 Å². The number of fused-ring (bicyclic) bond motifs is 1. The van der Waals surface area contributed by atoms with Crippen LogP contribution in [0.3, 0.4) is 0 Å². The summed E-state index contributed by atoms with van der Waals surface area (Å²) in [5.74, 6) is 0. The lowest BCUT2D eigenvalue weighted by Gasteiger charge is -2.31. The molecule has 0 bridgehead atoms. The number of hydrogen-bond acceptors (Lipinski definition) is 3. The van der Waals surface area contributed by atoms with E-state index in [2.05, 4.69) is 57.6 Å². The number of aliphatic hydroxyl groups is 1. The van der Waals surface area contributed by atoms with Crippen LogP contribution in [-0.2, 0) is 0 Å². The molecule has 0 unspecified atom stereocenters. The summed E-state index contributed by atoms with van der Waals surface area (Å²) in [4.78, 5) is 2.34. The Hall–Kier alpha value is -2.59. The number of nitrogens with one attached hydrogen (secondary N) is 1. The van der Waals surface area contributed by atoms with Crippen molar-refractivity contribution in [2.45, 2.75) is 18.9 Å². The summed E-state index contributed by atoms with van der Waals surface area (Å²) in [5.41, 5.74) is 4.36. The quantitative estimate of drug-likeness (QED) is 0.774. The van der Waals surface area contributed by atoms with Crippen LogP contribution in [0.25, 0.3) is 23.1 Å². The minimum absolute atomic E-state index is 0.150. The Bertz CT molecular complexity index is 846. The minimum Gasteiger partial charge on any atom is -0.393 e. The second kappa shape index (κ2) is 6.49. The van der Waals surface area contributed by atoms with Gasteiger partial charge in [-0.1, -0.05) is 36.4 Å². The summed E-state index contributed by atoms with van der Waals surface area (Å²) in [7, 11) is 0. The van der Waals surface area contributed by atoms with Crippen LogP contribution in [0, 0.1) is 0 Å². The van der Waals surface area contributed by atoms with Crippen LogP contribution >= 0.6 is 0 Å². The molecule has 4 nitrogen and oxygen atoms in total. The standard InChI is InChI=1S/C20H21N3O/c24-17-10-12-23(13-11-17)16-7-9-20-18(14-16)19(21-22-20)8-6-15-4-2-1-3-5-15/h1-9,14,17,24H,10-13H2,(H,21,22)/b8-6+. The fourth-order valence-corrected chi connectivity index (χ4v) is 3.21. The first-order chi connectivity index (χ1) is 11.8. The Kier molecular flexibility index (Phi) is 4.05. The largest absolute Gasteiger partial charge is 0.393 e. The minimum atomic E-state index is -0.150. The van der Waals surface area contributed by atoms with Crippen molar-refractivity contribution >= 4 is 28.7 Å². The third kappa shape index (κ3) is 3.05. The number of aromatic amines is 1. The number of aliphatic hydroxyl groups excluding tert-OH is 1. The predicted molar refractivity (Wildman–Crippen MR) is 98.9 cm³/mol. The van der Waals surface area contributed by atoms with E-state index in [1.54, 1.807) is 0 Å². The fraction of sp³-hybridized carbons (Fsp3) is 0.250. The molecule has 2 N–H and O–H groups in total. The highest BCUT2D eigenvalue weighted by molar-refractivity contribution is 5.91. The molecular weight excluding hydrogens is 298 g/mol. The maximum absolute atomic E-state index is 9.68. The summed E-state index contributed by atoms with van der Waals surface area (Å²) in [6.45, 7) is 1.80.